The molecule has 0 spiro atoms. The monoisotopic (exact) mass is 407 g/mol. The minimum Gasteiger partial charge on any atom is -0.379 e. The maximum Gasteiger partial charge on any atom is 0.266 e. The van der Waals surface area contributed by atoms with Crippen LogP contribution in [-0.2, 0) is 14.8 Å². The molecule has 0 amide bonds. The van der Waals surface area contributed by atoms with Gasteiger partial charge in [-0.3, -0.25) is 14.4 Å². The van der Waals surface area contributed by atoms with Crippen LogP contribution in [0, 0.1) is 5.82 Å². The molecule has 1 aromatic carbocycles. The third kappa shape index (κ3) is 4.21. The highest BCUT2D eigenvalue weighted by Gasteiger charge is 2.28. The molecule has 1 aliphatic heterocycles. The number of carbonyl (C=O) groups is 1. The lowest BCUT2D eigenvalue weighted by molar-refractivity contribution is 0.0730. The summed E-state index contributed by atoms with van der Waals surface area (Å²) in [6.45, 7) is 4.75. The highest BCUT2D eigenvalue weighted by atomic mass is 32.2. The average molecular weight is 407 g/mol. The summed E-state index contributed by atoms with van der Waals surface area (Å²) in [6, 6.07) is 8.19. The van der Waals surface area contributed by atoms with E-state index in [1.807, 2.05) is 13.8 Å². The maximum atomic E-state index is 14.4. The Kier molecular flexibility index (Phi) is 6.07. The minimum absolute atomic E-state index is 0.0701. The van der Waals surface area contributed by atoms with Crippen molar-refractivity contribution in [3.63, 3.8) is 0 Å². The van der Waals surface area contributed by atoms with Gasteiger partial charge in [-0.1, -0.05) is 6.07 Å². The topological polar surface area (TPSA) is 81.0 Å². The van der Waals surface area contributed by atoms with Crippen LogP contribution >= 0.6 is 0 Å². The molecule has 0 atom stereocenters. The van der Waals surface area contributed by atoms with Crippen molar-refractivity contribution in [2.24, 2.45) is 4.99 Å². The van der Waals surface area contributed by atoms with Crippen LogP contribution in [0.4, 0.5) is 4.39 Å². The quantitative estimate of drug-likeness (QED) is 0.772. The van der Waals surface area contributed by atoms with Crippen LogP contribution in [0.1, 0.15) is 24.2 Å². The number of morpholine rings is 1. The Labute approximate surface area is 163 Å². The average Bonchev–Trinajstić information content (AvgIpc) is 2.68. The van der Waals surface area contributed by atoms with Gasteiger partial charge in [0.2, 0.25) is 10.0 Å². The first-order valence-corrected chi connectivity index (χ1v) is 10.4. The van der Waals surface area contributed by atoms with Crippen LogP contribution in [0.15, 0.2) is 52.5 Å². The second-order valence-electron chi connectivity index (χ2n) is 6.61. The molecule has 0 bridgehead atoms. The standard InChI is InChI=1S/C19H22FN3O4S/c1-14(2)21-18-5-3-4-8-23(18)19(24)16-13-15(6-7-17(16)20)28(25,26)22-9-11-27-12-10-22/h3-8,13-14H,9-12H2,1-2H3. The van der Waals surface area contributed by atoms with Gasteiger partial charge >= 0.3 is 0 Å². The summed E-state index contributed by atoms with van der Waals surface area (Å²) in [7, 11) is -3.84. The molecule has 9 heteroatoms. The molecule has 0 aliphatic carbocycles. The fourth-order valence-corrected chi connectivity index (χ4v) is 4.30. The van der Waals surface area contributed by atoms with E-state index in [1.54, 1.807) is 18.2 Å². The Hall–Kier alpha value is -2.36. The first-order valence-electron chi connectivity index (χ1n) is 8.94. The van der Waals surface area contributed by atoms with Crippen molar-refractivity contribution in [1.82, 2.24) is 8.87 Å². The predicted molar refractivity (Wildman–Crippen MR) is 101 cm³/mol. The van der Waals surface area contributed by atoms with Gasteiger partial charge < -0.3 is 4.74 Å². The van der Waals surface area contributed by atoms with Gasteiger partial charge in [0.1, 0.15) is 11.3 Å². The van der Waals surface area contributed by atoms with Crippen LogP contribution < -0.4 is 5.49 Å². The van der Waals surface area contributed by atoms with E-state index in [4.69, 9.17) is 4.74 Å². The van der Waals surface area contributed by atoms with Crippen LogP contribution in [0.25, 0.3) is 0 Å². The fraction of sp³-hybridized carbons (Fsp3) is 0.368. The van der Waals surface area contributed by atoms with Crippen LogP contribution in [0.3, 0.4) is 0 Å². The molecule has 3 rings (SSSR count). The molecule has 150 valence electrons. The highest BCUT2D eigenvalue weighted by molar-refractivity contribution is 7.89. The van der Waals surface area contributed by atoms with E-state index in [1.165, 1.54) is 21.1 Å². The molecule has 1 fully saturated rings. The summed E-state index contributed by atoms with van der Waals surface area (Å²) in [5.41, 5.74) is 0.0362. The summed E-state index contributed by atoms with van der Waals surface area (Å²) < 4.78 is 47.8. The van der Waals surface area contributed by atoms with Crippen molar-refractivity contribution in [2.75, 3.05) is 26.3 Å². The number of sulfonamides is 1. The molecule has 1 aromatic heterocycles. The molecule has 0 unspecified atom stereocenters. The van der Waals surface area contributed by atoms with Crippen molar-refractivity contribution >= 4 is 15.9 Å². The molecular formula is C19H22FN3O4S. The Morgan fingerprint density at radius 2 is 1.89 bits per heavy atom. The minimum atomic E-state index is -3.84. The summed E-state index contributed by atoms with van der Waals surface area (Å²) >= 11 is 0. The molecule has 0 saturated carbocycles. The molecule has 2 heterocycles. The van der Waals surface area contributed by atoms with Gasteiger partial charge in [-0.05, 0) is 44.2 Å². The Morgan fingerprint density at radius 1 is 1.18 bits per heavy atom. The third-order valence-corrected chi connectivity index (χ3v) is 6.12. The summed E-state index contributed by atoms with van der Waals surface area (Å²) in [6.07, 6.45) is 1.48. The molecular weight excluding hydrogens is 385 g/mol. The number of carbonyl (C=O) groups excluding carboxylic acids is 1. The number of rotatable bonds is 4. The molecule has 0 radical (unpaired) electrons. The number of benzene rings is 1. The lowest BCUT2D eigenvalue weighted by Gasteiger charge is -2.26. The van der Waals surface area contributed by atoms with E-state index in [2.05, 4.69) is 4.99 Å². The SMILES string of the molecule is CC(C)N=c1ccccn1C(=O)c1cc(S(=O)(=O)N2CCOCC2)ccc1F. The molecule has 7 nitrogen and oxygen atoms in total. The van der Waals surface area contributed by atoms with E-state index in [0.29, 0.717) is 18.7 Å². The van der Waals surface area contributed by atoms with E-state index < -0.39 is 21.7 Å². The van der Waals surface area contributed by atoms with E-state index >= 15 is 0 Å². The number of nitrogens with zero attached hydrogens (tertiary/aromatic N) is 3. The van der Waals surface area contributed by atoms with E-state index in [9.17, 15) is 17.6 Å². The highest BCUT2D eigenvalue weighted by Crippen LogP contribution is 2.20. The van der Waals surface area contributed by atoms with Gasteiger partial charge in [-0.2, -0.15) is 4.31 Å². The maximum absolute atomic E-state index is 14.4. The van der Waals surface area contributed by atoms with Crippen LogP contribution in [0.5, 0.6) is 0 Å². The second kappa shape index (κ2) is 8.34. The van der Waals surface area contributed by atoms with Crippen molar-refractivity contribution in [2.45, 2.75) is 24.8 Å². The second-order valence-corrected chi connectivity index (χ2v) is 8.55. The summed E-state index contributed by atoms with van der Waals surface area (Å²) in [4.78, 5) is 17.2. The summed E-state index contributed by atoms with van der Waals surface area (Å²) in [5, 5.41) is 0. The zero-order valence-electron chi connectivity index (χ0n) is 15.7. The molecule has 0 N–H and O–H groups in total. The van der Waals surface area contributed by atoms with Gasteiger partial charge in [0.05, 0.1) is 23.7 Å². The van der Waals surface area contributed by atoms with Gasteiger partial charge in [-0.15, -0.1) is 0 Å². The molecule has 1 aliphatic rings. The predicted octanol–water partition coefficient (Wildman–Crippen LogP) is 1.65. The Morgan fingerprint density at radius 3 is 2.57 bits per heavy atom. The number of hydrogen-bond acceptors (Lipinski definition) is 5. The van der Waals surface area contributed by atoms with Crippen LogP contribution in [-0.4, -0.2) is 55.5 Å². The van der Waals surface area contributed by atoms with E-state index in [0.717, 1.165) is 12.1 Å². The molecule has 28 heavy (non-hydrogen) atoms. The van der Waals surface area contributed by atoms with Crippen molar-refractivity contribution in [3.05, 3.63) is 59.5 Å². The first kappa shape index (κ1) is 20.4. The van der Waals surface area contributed by atoms with Crippen molar-refractivity contribution in [3.8, 4) is 0 Å². The first-order chi connectivity index (χ1) is 13.3. The lowest BCUT2D eigenvalue weighted by Crippen LogP contribution is -2.40. The van der Waals surface area contributed by atoms with Crippen molar-refractivity contribution in [1.29, 1.82) is 0 Å². The molecule has 1 saturated heterocycles. The Bertz CT molecular complexity index is 1040. The van der Waals surface area contributed by atoms with Gasteiger partial charge in [0.25, 0.3) is 5.91 Å². The fourth-order valence-electron chi connectivity index (χ4n) is 2.87. The number of hydrogen-bond donors (Lipinski definition) is 0. The molecule has 2 aromatic rings. The van der Waals surface area contributed by atoms with E-state index in [-0.39, 0.29) is 29.6 Å². The number of halogens is 1. The van der Waals surface area contributed by atoms with Crippen molar-refractivity contribution < 1.29 is 22.3 Å². The summed E-state index contributed by atoms with van der Waals surface area (Å²) in [5.74, 6) is -1.48. The largest absolute Gasteiger partial charge is 0.379 e. The van der Waals surface area contributed by atoms with Crippen LogP contribution in [0.2, 0.25) is 0 Å². The zero-order chi connectivity index (χ0) is 20.3. The smallest absolute Gasteiger partial charge is 0.266 e. The van der Waals surface area contributed by atoms with Gasteiger partial charge in [-0.25, -0.2) is 12.8 Å². The number of aromatic nitrogens is 1. The third-order valence-electron chi connectivity index (χ3n) is 4.22. The number of pyridine rings is 1. The Balaban J connectivity index is 2.05. The zero-order valence-corrected chi connectivity index (χ0v) is 16.5. The van der Waals surface area contributed by atoms with Gasteiger partial charge in [0, 0.05) is 25.3 Å². The lowest BCUT2D eigenvalue weighted by atomic mass is 10.2. The van der Waals surface area contributed by atoms with Gasteiger partial charge in [0.15, 0.2) is 0 Å². The number of ether oxygens (including phenoxy) is 1. The normalized spacial score (nSPS) is 16.5.